The Kier molecular flexibility index (Phi) is 4.88. The Bertz CT molecular complexity index is 889. The van der Waals surface area contributed by atoms with E-state index in [0.717, 1.165) is 33.8 Å². The number of nitrogens with one attached hydrogen (secondary N) is 2. The highest BCUT2D eigenvalue weighted by Gasteiger charge is 2.16. The van der Waals surface area contributed by atoms with Gasteiger partial charge in [-0.1, -0.05) is 13.0 Å². The van der Waals surface area contributed by atoms with Gasteiger partial charge in [0.1, 0.15) is 11.5 Å². The molecule has 2 N–H and O–H groups in total. The number of rotatable bonds is 6. The summed E-state index contributed by atoms with van der Waals surface area (Å²) in [6.07, 6.45) is 1.98. The van der Waals surface area contributed by atoms with Crippen molar-refractivity contribution in [2.75, 3.05) is 19.5 Å². The molecule has 0 saturated heterocycles. The van der Waals surface area contributed by atoms with Gasteiger partial charge in [-0.3, -0.25) is 4.79 Å². The predicted octanol–water partition coefficient (Wildman–Crippen LogP) is 3.71. The molecule has 130 valence electrons. The molecule has 2 aromatic carbocycles. The van der Waals surface area contributed by atoms with Crippen LogP contribution >= 0.6 is 0 Å². The van der Waals surface area contributed by atoms with Crippen LogP contribution in [0.25, 0.3) is 11.0 Å². The Balaban J connectivity index is 1.69. The lowest BCUT2D eigenvalue weighted by Crippen LogP contribution is -2.14. The Morgan fingerprint density at radius 2 is 2.04 bits per heavy atom. The maximum absolute atomic E-state index is 12.4. The van der Waals surface area contributed by atoms with Crippen LogP contribution in [-0.4, -0.2) is 30.1 Å². The van der Waals surface area contributed by atoms with E-state index in [4.69, 9.17) is 9.47 Å². The second-order valence-corrected chi connectivity index (χ2v) is 5.90. The zero-order valence-electron chi connectivity index (χ0n) is 14.5. The minimum atomic E-state index is -0.0516. The number of ether oxygens (including phenoxy) is 2. The van der Waals surface area contributed by atoms with Crippen LogP contribution in [0.2, 0.25) is 0 Å². The summed E-state index contributed by atoms with van der Waals surface area (Å²) in [6.45, 7) is 2.00. The van der Waals surface area contributed by atoms with Crippen molar-refractivity contribution >= 4 is 22.6 Å². The van der Waals surface area contributed by atoms with Gasteiger partial charge in [-0.15, -0.1) is 0 Å². The van der Waals surface area contributed by atoms with Crippen LogP contribution in [-0.2, 0) is 4.79 Å². The van der Waals surface area contributed by atoms with Gasteiger partial charge in [-0.05, 0) is 35.7 Å². The summed E-state index contributed by atoms with van der Waals surface area (Å²) < 4.78 is 10.6. The molecule has 0 bridgehead atoms. The quantitative estimate of drug-likeness (QED) is 0.718. The zero-order valence-corrected chi connectivity index (χ0v) is 14.5. The van der Waals surface area contributed by atoms with Crippen LogP contribution in [0.5, 0.6) is 11.5 Å². The molecule has 1 atom stereocenters. The molecule has 0 fully saturated rings. The summed E-state index contributed by atoms with van der Waals surface area (Å²) in [6, 6.07) is 11.2. The normalized spacial score (nSPS) is 12.0. The first kappa shape index (κ1) is 16.8. The monoisotopic (exact) mass is 339 g/mol. The Hall–Kier alpha value is -3.02. The smallest absolute Gasteiger partial charge is 0.224 e. The average molecular weight is 339 g/mol. The molecule has 0 aliphatic rings. The second-order valence-electron chi connectivity index (χ2n) is 5.90. The van der Waals surface area contributed by atoms with Gasteiger partial charge in [0.15, 0.2) is 0 Å². The van der Waals surface area contributed by atoms with Crippen molar-refractivity contribution in [1.29, 1.82) is 0 Å². The minimum Gasteiger partial charge on any atom is -0.497 e. The van der Waals surface area contributed by atoms with E-state index in [2.05, 4.69) is 15.3 Å². The highest BCUT2D eigenvalue weighted by molar-refractivity contribution is 5.93. The van der Waals surface area contributed by atoms with Crippen molar-refractivity contribution in [2.24, 2.45) is 0 Å². The molecule has 0 spiro atoms. The number of methoxy groups -OCH3 is 2. The molecule has 3 rings (SSSR count). The van der Waals surface area contributed by atoms with Crippen LogP contribution < -0.4 is 14.8 Å². The van der Waals surface area contributed by atoms with Crippen LogP contribution in [0, 0.1) is 0 Å². The van der Waals surface area contributed by atoms with Gasteiger partial charge in [-0.2, -0.15) is 0 Å². The van der Waals surface area contributed by atoms with Crippen molar-refractivity contribution in [1.82, 2.24) is 9.97 Å². The van der Waals surface area contributed by atoms with Crippen LogP contribution in [0.1, 0.15) is 24.8 Å². The Morgan fingerprint density at radius 1 is 1.20 bits per heavy atom. The SMILES string of the molecule is COc1ccc(C(C)CC(=O)Nc2ccc3nc[nH]c3c2)c(OC)c1. The molecule has 1 unspecified atom stereocenters. The van der Waals surface area contributed by atoms with E-state index in [-0.39, 0.29) is 11.8 Å². The highest BCUT2D eigenvalue weighted by atomic mass is 16.5. The molecule has 1 heterocycles. The number of anilines is 1. The first-order valence-electron chi connectivity index (χ1n) is 8.05. The van der Waals surface area contributed by atoms with Crippen LogP contribution in [0.4, 0.5) is 5.69 Å². The first-order valence-corrected chi connectivity index (χ1v) is 8.05. The molecule has 0 aliphatic carbocycles. The number of hydrogen-bond acceptors (Lipinski definition) is 4. The molecule has 0 aliphatic heterocycles. The van der Waals surface area contributed by atoms with Gasteiger partial charge in [0.05, 0.1) is 31.6 Å². The maximum Gasteiger partial charge on any atom is 0.224 e. The highest BCUT2D eigenvalue weighted by Crippen LogP contribution is 2.32. The minimum absolute atomic E-state index is 0.0109. The Morgan fingerprint density at radius 3 is 2.80 bits per heavy atom. The number of carbonyl (C=O) groups excluding carboxylic acids is 1. The van der Waals surface area contributed by atoms with Gasteiger partial charge in [0, 0.05) is 18.2 Å². The number of amides is 1. The van der Waals surface area contributed by atoms with E-state index in [0.29, 0.717) is 6.42 Å². The number of H-pyrrole nitrogens is 1. The number of benzene rings is 2. The third kappa shape index (κ3) is 3.74. The standard InChI is InChI=1S/C19H21N3O3/c1-12(15-6-5-14(24-2)10-18(15)25-3)8-19(23)22-13-4-7-16-17(9-13)21-11-20-16/h4-7,9-12H,8H2,1-3H3,(H,20,21)(H,22,23). The number of aromatic nitrogens is 2. The number of fused-ring (bicyclic) bond motifs is 1. The molecular weight excluding hydrogens is 318 g/mol. The average Bonchev–Trinajstić information content (AvgIpc) is 3.08. The molecule has 25 heavy (non-hydrogen) atoms. The maximum atomic E-state index is 12.4. The van der Waals surface area contributed by atoms with Crippen LogP contribution in [0.3, 0.4) is 0 Å². The van der Waals surface area contributed by atoms with Crippen LogP contribution in [0.15, 0.2) is 42.7 Å². The molecular formula is C19H21N3O3. The summed E-state index contributed by atoms with van der Waals surface area (Å²) in [5.41, 5.74) is 3.48. The number of hydrogen-bond donors (Lipinski definition) is 2. The lowest BCUT2D eigenvalue weighted by Gasteiger charge is -2.16. The largest absolute Gasteiger partial charge is 0.497 e. The molecule has 0 radical (unpaired) electrons. The summed E-state index contributed by atoms with van der Waals surface area (Å²) in [5.74, 6) is 1.41. The van der Waals surface area contributed by atoms with Crippen molar-refractivity contribution in [2.45, 2.75) is 19.3 Å². The van der Waals surface area contributed by atoms with Gasteiger partial charge in [0.2, 0.25) is 5.91 Å². The van der Waals surface area contributed by atoms with Crippen molar-refractivity contribution in [3.8, 4) is 11.5 Å². The van der Waals surface area contributed by atoms with E-state index in [9.17, 15) is 4.79 Å². The van der Waals surface area contributed by atoms with Gasteiger partial charge >= 0.3 is 0 Å². The fourth-order valence-corrected chi connectivity index (χ4v) is 2.84. The van der Waals surface area contributed by atoms with E-state index in [1.165, 1.54) is 0 Å². The third-order valence-corrected chi connectivity index (χ3v) is 4.17. The first-order chi connectivity index (χ1) is 12.1. The van der Waals surface area contributed by atoms with Gasteiger partial charge in [0.25, 0.3) is 0 Å². The Labute approximate surface area is 146 Å². The van der Waals surface area contributed by atoms with Crippen molar-refractivity contribution < 1.29 is 14.3 Å². The molecule has 1 aromatic heterocycles. The summed E-state index contributed by atoms with van der Waals surface area (Å²) in [4.78, 5) is 19.6. The zero-order chi connectivity index (χ0) is 17.8. The third-order valence-electron chi connectivity index (χ3n) is 4.17. The van der Waals surface area contributed by atoms with E-state index < -0.39 is 0 Å². The molecule has 3 aromatic rings. The summed E-state index contributed by atoms with van der Waals surface area (Å²) >= 11 is 0. The summed E-state index contributed by atoms with van der Waals surface area (Å²) in [7, 11) is 3.23. The number of carbonyl (C=O) groups is 1. The lowest BCUT2D eigenvalue weighted by molar-refractivity contribution is -0.116. The van der Waals surface area contributed by atoms with Gasteiger partial charge < -0.3 is 19.8 Å². The molecule has 6 heteroatoms. The van der Waals surface area contributed by atoms with E-state index in [1.807, 2.05) is 43.3 Å². The topological polar surface area (TPSA) is 76.2 Å². The molecule has 0 saturated carbocycles. The fraction of sp³-hybridized carbons (Fsp3) is 0.263. The number of nitrogens with zero attached hydrogens (tertiary/aromatic N) is 1. The number of imidazole rings is 1. The second kappa shape index (κ2) is 7.25. The summed E-state index contributed by atoms with van der Waals surface area (Å²) in [5, 5.41) is 2.93. The van der Waals surface area contributed by atoms with E-state index >= 15 is 0 Å². The van der Waals surface area contributed by atoms with E-state index in [1.54, 1.807) is 20.5 Å². The van der Waals surface area contributed by atoms with Crippen molar-refractivity contribution in [3.63, 3.8) is 0 Å². The molecule has 1 amide bonds. The van der Waals surface area contributed by atoms with Gasteiger partial charge in [-0.25, -0.2) is 4.98 Å². The van der Waals surface area contributed by atoms with Crippen molar-refractivity contribution in [3.05, 3.63) is 48.3 Å². The fourth-order valence-electron chi connectivity index (χ4n) is 2.84. The number of aromatic amines is 1. The lowest BCUT2D eigenvalue weighted by atomic mass is 9.96. The predicted molar refractivity (Wildman–Crippen MR) is 97.3 cm³/mol. The molecule has 6 nitrogen and oxygen atoms in total.